The first-order valence-corrected chi connectivity index (χ1v) is 11.6. The van der Waals surface area contributed by atoms with Gasteiger partial charge in [0.1, 0.15) is 10.9 Å². The molecule has 0 bridgehead atoms. The molecule has 1 atom stereocenters. The second kappa shape index (κ2) is 10.5. The Morgan fingerprint density at radius 2 is 1.74 bits per heavy atom. The number of methoxy groups -OCH3 is 1. The van der Waals surface area contributed by atoms with E-state index in [4.69, 9.17) is 21.7 Å². The van der Waals surface area contributed by atoms with Crippen LogP contribution in [0.3, 0.4) is 0 Å². The van der Waals surface area contributed by atoms with Crippen molar-refractivity contribution in [3.8, 4) is 11.5 Å². The highest BCUT2D eigenvalue weighted by Gasteiger charge is 2.41. The van der Waals surface area contributed by atoms with Gasteiger partial charge in [-0.2, -0.15) is 0 Å². The van der Waals surface area contributed by atoms with Crippen molar-refractivity contribution in [2.75, 3.05) is 7.11 Å². The molecule has 3 aromatic rings. The van der Waals surface area contributed by atoms with E-state index >= 15 is 0 Å². The fourth-order valence-corrected chi connectivity index (χ4v) is 4.83. The molecule has 0 spiro atoms. The van der Waals surface area contributed by atoms with E-state index in [0.717, 1.165) is 22.2 Å². The highest BCUT2D eigenvalue weighted by atomic mass is 32.2. The van der Waals surface area contributed by atoms with Crippen LogP contribution < -0.4 is 9.47 Å². The van der Waals surface area contributed by atoms with Gasteiger partial charge in [-0.25, -0.2) is 4.79 Å². The summed E-state index contributed by atoms with van der Waals surface area (Å²) in [6.45, 7) is 0.394. The number of hydrogen-bond donors (Lipinski definition) is 1. The van der Waals surface area contributed by atoms with Crippen LogP contribution in [0.4, 0.5) is 0 Å². The molecule has 172 valence electrons. The number of benzene rings is 3. The van der Waals surface area contributed by atoms with Crippen LogP contribution in [0.5, 0.6) is 11.5 Å². The van der Waals surface area contributed by atoms with Crippen LogP contribution in [0.2, 0.25) is 0 Å². The minimum Gasteiger partial charge on any atom is -0.493 e. The monoisotopic (exact) mass is 491 g/mol. The van der Waals surface area contributed by atoms with Crippen molar-refractivity contribution in [1.29, 1.82) is 0 Å². The van der Waals surface area contributed by atoms with Gasteiger partial charge in [-0.15, -0.1) is 0 Å². The van der Waals surface area contributed by atoms with Gasteiger partial charge in [-0.3, -0.25) is 9.69 Å². The zero-order valence-electron chi connectivity index (χ0n) is 18.2. The SMILES string of the molecule is COc1cc(/C=C2\SC(=S)N(C(C(=O)O)c3ccccc3)C2=O)ccc1OCc1ccccc1. The van der Waals surface area contributed by atoms with Crippen molar-refractivity contribution >= 4 is 46.3 Å². The van der Waals surface area contributed by atoms with Crippen LogP contribution in [0, 0.1) is 0 Å². The maximum Gasteiger partial charge on any atom is 0.331 e. The lowest BCUT2D eigenvalue weighted by Gasteiger charge is -2.23. The zero-order valence-corrected chi connectivity index (χ0v) is 19.8. The van der Waals surface area contributed by atoms with Gasteiger partial charge in [0, 0.05) is 0 Å². The standard InChI is InChI=1S/C26H21NO5S2/c1-31-21-14-18(12-13-20(21)32-16-17-8-4-2-5-9-17)15-22-24(28)27(26(33)34-22)23(25(29)30)19-10-6-3-7-11-19/h2-15,23H,16H2,1H3,(H,29,30)/b22-15-. The van der Waals surface area contributed by atoms with Crippen molar-refractivity contribution in [2.45, 2.75) is 12.6 Å². The largest absolute Gasteiger partial charge is 0.493 e. The molecule has 0 aromatic heterocycles. The molecular formula is C26H21NO5S2. The molecule has 1 saturated heterocycles. The van der Waals surface area contributed by atoms with E-state index < -0.39 is 17.9 Å². The van der Waals surface area contributed by atoms with Crippen molar-refractivity contribution in [1.82, 2.24) is 4.90 Å². The third kappa shape index (κ3) is 5.13. The zero-order chi connectivity index (χ0) is 24.1. The van der Waals surface area contributed by atoms with E-state index in [2.05, 4.69) is 0 Å². The maximum atomic E-state index is 13.2. The number of thiocarbonyl (C=S) groups is 1. The highest BCUT2D eigenvalue weighted by Crippen LogP contribution is 2.39. The number of carbonyl (C=O) groups is 2. The summed E-state index contributed by atoms with van der Waals surface area (Å²) in [5.41, 5.74) is 2.22. The molecular weight excluding hydrogens is 470 g/mol. The summed E-state index contributed by atoms with van der Waals surface area (Å²) in [7, 11) is 1.55. The Kier molecular flexibility index (Phi) is 7.30. The molecule has 0 saturated carbocycles. The van der Waals surface area contributed by atoms with E-state index in [-0.39, 0.29) is 4.32 Å². The highest BCUT2D eigenvalue weighted by molar-refractivity contribution is 8.26. The Morgan fingerprint density at radius 1 is 1.06 bits per heavy atom. The predicted molar refractivity (Wildman–Crippen MR) is 136 cm³/mol. The van der Waals surface area contributed by atoms with E-state index in [1.165, 1.54) is 0 Å². The normalized spacial score (nSPS) is 15.4. The van der Waals surface area contributed by atoms with Crippen molar-refractivity contribution in [3.05, 3.63) is 100 Å². The number of carboxylic acids is 1. The Balaban J connectivity index is 1.56. The second-order valence-corrected chi connectivity index (χ2v) is 9.06. The molecule has 1 aliphatic heterocycles. The summed E-state index contributed by atoms with van der Waals surface area (Å²) in [6, 6.07) is 22.5. The number of ether oxygens (including phenoxy) is 2. The van der Waals surface area contributed by atoms with Crippen LogP contribution in [-0.2, 0) is 16.2 Å². The van der Waals surface area contributed by atoms with Gasteiger partial charge in [0.15, 0.2) is 17.5 Å². The lowest BCUT2D eigenvalue weighted by molar-refractivity contribution is -0.145. The van der Waals surface area contributed by atoms with Crippen LogP contribution in [-0.4, -0.2) is 33.3 Å². The minimum absolute atomic E-state index is 0.197. The number of amides is 1. The van der Waals surface area contributed by atoms with Crippen LogP contribution >= 0.6 is 24.0 Å². The Hall–Kier alpha value is -3.62. The molecule has 0 radical (unpaired) electrons. The van der Waals surface area contributed by atoms with Gasteiger partial charge < -0.3 is 14.6 Å². The summed E-state index contributed by atoms with van der Waals surface area (Å²) >= 11 is 6.45. The van der Waals surface area contributed by atoms with E-state index in [1.54, 1.807) is 61.7 Å². The molecule has 4 rings (SSSR count). The van der Waals surface area contributed by atoms with Gasteiger partial charge in [0.25, 0.3) is 5.91 Å². The van der Waals surface area contributed by atoms with E-state index in [9.17, 15) is 14.7 Å². The first-order valence-electron chi connectivity index (χ1n) is 10.4. The average Bonchev–Trinajstić information content (AvgIpc) is 3.12. The van der Waals surface area contributed by atoms with Crippen LogP contribution in [0.15, 0.2) is 83.8 Å². The molecule has 1 aliphatic rings. The average molecular weight is 492 g/mol. The number of aliphatic carboxylic acids is 1. The molecule has 1 amide bonds. The Labute approximate surface area is 206 Å². The molecule has 8 heteroatoms. The fourth-order valence-electron chi connectivity index (χ4n) is 3.52. The maximum absolute atomic E-state index is 13.2. The number of carbonyl (C=O) groups excluding carboxylic acids is 1. The molecule has 1 N–H and O–H groups in total. The Bertz CT molecular complexity index is 1240. The van der Waals surface area contributed by atoms with Crippen LogP contribution in [0.25, 0.3) is 6.08 Å². The number of nitrogens with zero attached hydrogens (tertiary/aromatic N) is 1. The van der Waals surface area contributed by atoms with Gasteiger partial charge >= 0.3 is 5.97 Å². The van der Waals surface area contributed by atoms with E-state index in [0.29, 0.717) is 34.1 Å². The smallest absolute Gasteiger partial charge is 0.331 e. The molecule has 3 aromatic carbocycles. The summed E-state index contributed by atoms with van der Waals surface area (Å²) < 4.78 is 11.6. The summed E-state index contributed by atoms with van der Waals surface area (Å²) in [5, 5.41) is 9.82. The molecule has 1 unspecified atom stereocenters. The summed E-state index contributed by atoms with van der Waals surface area (Å²) in [4.78, 5) is 26.7. The predicted octanol–water partition coefficient (Wildman–Crippen LogP) is 5.30. The van der Waals surface area contributed by atoms with Crippen molar-refractivity contribution in [3.63, 3.8) is 0 Å². The van der Waals surface area contributed by atoms with Gasteiger partial charge in [-0.05, 0) is 34.9 Å². The van der Waals surface area contributed by atoms with E-state index in [1.807, 2.05) is 30.3 Å². The first-order chi connectivity index (χ1) is 16.5. The number of thioether (sulfide) groups is 1. The molecule has 1 heterocycles. The van der Waals surface area contributed by atoms with Gasteiger partial charge in [-0.1, -0.05) is 90.7 Å². The van der Waals surface area contributed by atoms with Gasteiger partial charge in [0.05, 0.1) is 12.0 Å². The van der Waals surface area contributed by atoms with Crippen molar-refractivity contribution < 1.29 is 24.2 Å². The number of rotatable bonds is 8. The second-order valence-electron chi connectivity index (χ2n) is 7.39. The summed E-state index contributed by atoms with van der Waals surface area (Å²) in [5.74, 6) is -0.501. The van der Waals surface area contributed by atoms with Crippen LogP contribution in [0.1, 0.15) is 22.7 Å². The third-order valence-corrected chi connectivity index (χ3v) is 6.48. The molecule has 34 heavy (non-hydrogen) atoms. The topological polar surface area (TPSA) is 76.1 Å². The number of hydrogen-bond acceptors (Lipinski definition) is 6. The number of carboxylic acid groups (broad SMARTS) is 1. The van der Waals surface area contributed by atoms with Crippen molar-refractivity contribution in [2.24, 2.45) is 0 Å². The lowest BCUT2D eigenvalue weighted by Crippen LogP contribution is -2.37. The molecule has 6 nitrogen and oxygen atoms in total. The van der Waals surface area contributed by atoms with Gasteiger partial charge in [0.2, 0.25) is 0 Å². The Morgan fingerprint density at radius 3 is 2.38 bits per heavy atom. The third-order valence-electron chi connectivity index (χ3n) is 5.15. The first kappa shape index (κ1) is 23.5. The fraction of sp³-hybridized carbons (Fsp3) is 0.115. The molecule has 1 fully saturated rings. The lowest BCUT2D eigenvalue weighted by atomic mass is 10.1. The quantitative estimate of drug-likeness (QED) is 0.338. The summed E-state index contributed by atoms with van der Waals surface area (Å²) in [6.07, 6.45) is 1.67. The molecule has 0 aliphatic carbocycles. The minimum atomic E-state index is -1.19.